The maximum Gasteiger partial charge on any atom is 0.335 e. The number of benzene rings is 3. The first kappa shape index (κ1) is 26.9. The van der Waals surface area contributed by atoms with E-state index in [4.69, 9.17) is 14.2 Å². The van der Waals surface area contributed by atoms with E-state index in [9.17, 15) is 19.2 Å². The van der Waals surface area contributed by atoms with Gasteiger partial charge in [-0.05, 0) is 79.1 Å². The first-order chi connectivity index (χ1) is 18.7. The third-order valence-corrected chi connectivity index (χ3v) is 6.17. The number of ether oxygens (including phenoxy) is 3. The number of carbonyl (C=O) groups is 4. The lowest BCUT2D eigenvalue weighted by Crippen LogP contribution is -2.54. The molecule has 0 spiro atoms. The van der Waals surface area contributed by atoms with E-state index in [1.807, 2.05) is 32.0 Å². The topological polar surface area (TPSA) is 123 Å². The van der Waals surface area contributed by atoms with Crippen LogP contribution >= 0.6 is 0 Å². The van der Waals surface area contributed by atoms with Crippen LogP contribution in [0.3, 0.4) is 0 Å². The number of amides is 5. The van der Waals surface area contributed by atoms with Gasteiger partial charge in [0, 0.05) is 5.69 Å². The lowest BCUT2D eigenvalue weighted by molar-refractivity contribution is -0.122. The van der Waals surface area contributed by atoms with Gasteiger partial charge in [-0.25, -0.2) is 9.69 Å². The fourth-order valence-electron chi connectivity index (χ4n) is 3.90. The molecule has 0 unspecified atom stereocenters. The molecule has 1 fully saturated rings. The summed E-state index contributed by atoms with van der Waals surface area (Å²) in [7, 11) is 2.93. The first-order valence-electron chi connectivity index (χ1n) is 11.9. The molecule has 10 heteroatoms. The molecular formula is C29H27N3O7. The molecule has 0 bridgehead atoms. The molecule has 1 aliphatic rings. The summed E-state index contributed by atoms with van der Waals surface area (Å²) in [6, 6.07) is 15.8. The average molecular weight is 530 g/mol. The highest BCUT2D eigenvalue weighted by Gasteiger charge is 2.36. The Morgan fingerprint density at radius 1 is 0.949 bits per heavy atom. The number of carbonyl (C=O) groups excluding carboxylic acids is 4. The predicted molar refractivity (Wildman–Crippen MR) is 145 cm³/mol. The second kappa shape index (κ2) is 11.5. The van der Waals surface area contributed by atoms with Crippen molar-refractivity contribution in [2.45, 2.75) is 13.8 Å². The molecule has 4 rings (SSSR count). The zero-order valence-corrected chi connectivity index (χ0v) is 21.9. The molecule has 3 aromatic carbocycles. The number of anilines is 2. The molecule has 2 N–H and O–H groups in total. The Morgan fingerprint density at radius 2 is 1.69 bits per heavy atom. The molecule has 39 heavy (non-hydrogen) atoms. The van der Waals surface area contributed by atoms with Crippen LogP contribution in [0.2, 0.25) is 0 Å². The second-order valence-corrected chi connectivity index (χ2v) is 8.65. The highest BCUT2D eigenvalue weighted by atomic mass is 16.5. The molecule has 0 radical (unpaired) electrons. The van der Waals surface area contributed by atoms with Gasteiger partial charge in [-0.1, -0.05) is 18.2 Å². The normalized spacial score (nSPS) is 14.2. The van der Waals surface area contributed by atoms with Crippen LogP contribution in [0.25, 0.3) is 6.08 Å². The third kappa shape index (κ3) is 5.90. The largest absolute Gasteiger partial charge is 0.497 e. The fraction of sp³-hybridized carbons (Fsp3) is 0.172. The molecule has 3 aromatic rings. The second-order valence-electron chi connectivity index (χ2n) is 8.65. The van der Waals surface area contributed by atoms with Crippen LogP contribution in [0.15, 0.2) is 66.2 Å². The van der Waals surface area contributed by atoms with Gasteiger partial charge >= 0.3 is 6.03 Å². The molecule has 10 nitrogen and oxygen atoms in total. The molecule has 200 valence electrons. The van der Waals surface area contributed by atoms with Crippen molar-refractivity contribution < 1.29 is 33.4 Å². The zero-order valence-electron chi connectivity index (χ0n) is 21.9. The smallest absolute Gasteiger partial charge is 0.335 e. The summed E-state index contributed by atoms with van der Waals surface area (Å²) in [5.74, 6) is -0.813. The van der Waals surface area contributed by atoms with Crippen LogP contribution in [0.5, 0.6) is 17.2 Å². The van der Waals surface area contributed by atoms with Crippen molar-refractivity contribution in [3.05, 3.63) is 82.9 Å². The van der Waals surface area contributed by atoms with Gasteiger partial charge in [0.2, 0.25) is 0 Å². The van der Waals surface area contributed by atoms with E-state index in [1.165, 1.54) is 32.4 Å². The van der Waals surface area contributed by atoms with Crippen molar-refractivity contribution in [3.63, 3.8) is 0 Å². The molecule has 0 aromatic heterocycles. The minimum absolute atomic E-state index is 0.242. The predicted octanol–water partition coefficient (Wildman–Crippen LogP) is 4.00. The summed E-state index contributed by atoms with van der Waals surface area (Å²) >= 11 is 0. The number of hydrogen-bond donors (Lipinski definition) is 2. The Kier molecular flexibility index (Phi) is 7.95. The summed E-state index contributed by atoms with van der Waals surface area (Å²) in [5.41, 5.74) is 3.21. The number of nitrogens with zero attached hydrogens (tertiary/aromatic N) is 1. The minimum Gasteiger partial charge on any atom is -0.497 e. The van der Waals surface area contributed by atoms with E-state index in [0.717, 1.165) is 16.0 Å². The average Bonchev–Trinajstić information content (AvgIpc) is 2.93. The van der Waals surface area contributed by atoms with Crippen LogP contribution < -0.4 is 29.7 Å². The van der Waals surface area contributed by atoms with Gasteiger partial charge in [-0.2, -0.15) is 0 Å². The first-order valence-corrected chi connectivity index (χ1v) is 11.9. The Hall–Kier alpha value is -5.12. The Labute approximate surface area is 225 Å². The van der Waals surface area contributed by atoms with Gasteiger partial charge < -0.3 is 19.5 Å². The number of aryl methyl sites for hydroxylation is 1. The van der Waals surface area contributed by atoms with Crippen LogP contribution in [0, 0.1) is 13.8 Å². The zero-order chi connectivity index (χ0) is 28.1. The lowest BCUT2D eigenvalue weighted by Gasteiger charge is -2.26. The van der Waals surface area contributed by atoms with Gasteiger partial charge in [-0.15, -0.1) is 0 Å². The SMILES string of the molecule is COc1ccc(N2C(=O)NC(=O)/C(=C\c3ccc(OCC(=O)Nc4cccc(C)c4C)c(OC)c3)C2=O)cc1. The van der Waals surface area contributed by atoms with Crippen molar-refractivity contribution in [1.29, 1.82) is 0 Å². The Morgan fingerprint density at radius 3 is 2.38 bits per heavy atom. The molecular weight excluding hydrogens is 502 g/mol. The fourth-order valence-corrected chi connectivity index (χ4v) is 3.90. The van der Waals surface area contributed by atoms with Gasteiger partial charge in [0.05, 0.1) is 19.9 Å². The van der Waals surface area contributed by atoms with Crippen molar-refractivity contribution in [3.8, 4) is 17.2 Å². The van der Waals surface area contributed by atoms with Gasteiger partial charge in [-0.3, -0.25) is 19.7 Å². The van der Waals surface area contributed by atoms with Gasteiger partial charge in [0.25, 0.3) is 17.7 Å². The number of urea groups is 1. The molecule has 5 amide bonds. The minimum atomic E-state index is -0.854. The van der Waals surface area contributed by atoms with Gasteiger partial charge in [0.1, 0.15) is 11.3 Å². The summed E-state index contributed by atoms with van der Waals surface area (Å²) < 4.78 is 16.2. The Balaban J connectivity index is 1.51. The Bertz CT molecular complexity index is 1480. The number of hydrogen-bond acceptors (Lipinski definition) is 7. The standard InChI is InChI=1S/C29H27N3O7/c1-17-6-5-7-23(18(17)2)30-26(33)16-39-24-13-8-19(15-25(24)38-4)14-22-27(34)31-29(36)32(28(22)35)20-9-11-21(37-3)12-10-20/h5-15H,16H2,1-4H3,(H,30,33)(H,31,34,36)/b22-14+. The molecule has 1 aliphatic heterocycles. The lowest BCUT2D eigenvalue weighted by atomic mass is 10.1. The summed E-state index contributed by atoms with van der Waals surface area (Å²) in [6.45, 7) is 3.62. The quantitative estimate of drug-likeness (QED) is 0.334. The van der Waals surface area contributed by atoms with E-state index < -0.39 is 17.8 Å². The highest BCUT2D eigenvalue weighted by Crippen LogP contribution is 2.30. The van der Waals surface area contributed by atoms with Crippen molar-refractivity contribution in [1.82, 2.24) is 5.32 Å². The number of nitrogens with one attached hydrogen (secondary N) is 2. The molecule has 0 atom stereocenters. The van der Waals surface area contributed by atoms with Crippen LogP contribution in [0.1, 0.15) is 16.7 Å². The summed E-state index contributed by atoms with van der Waals surface area (Å²) in [4.78, 5) is 51.4. The van der Waals surface area contributed by atoms with Crippen LogP contribution in [0.4, 0.5) is 16.2 Å². The molecule has 1 heterocycles. The maximum absolute atomic E-state index is 13.1. The van der Waals surface area contributed by atoms with Gasteiger partial charge in [0.15, 0.2) is 18.1 Å². The maximum atomic E-state index is 13.1. The number of imide groups is 2. The molecule has 0 aliphatic carbocycles. The van der Waals surface area contributed by atoms with Crippen LogP contribution in [-0.4, -0.2) is 44.6 Å². The third-order valence-electron chi connectivity index (χ3n) is 6.17. The number of barbiturate groups is 1. The monoisotopic (exact) mass is 529 g/mol. The van der Waals surface area contributed by atoms with Crippen LogP contribution in [-0.2, 0) is 14.4 Å². The number of methoxy groups -OCH3 is 2. The van der Waals surface area contributed by atoms with E-state index in [2.05, 4.69) is 10.6 Å². The van der Waals surface area contributed by atoms with E-state index in [0.29, 0.717) is 22.7 Å². The number of rotatable bonds is 8. The van der Waals surface area contributed by atoms with E-state index in [-0.39, 0.29) is 29.5 Å². The van der Waals surface area contributed by atoms with E-state index in [1.54, 1.807) is 30.3 Å². The van der Waals surface area contributed by atoms with Crippen molar-refractivity contribution in [2.24, 2.45) is 0 Å². The molecule has 1 saturated heterocycles. The summed E-state index contributed by atoms with van der Waals surface area (Å²) in [6.07, 6.45) is 1.35. The summed E-state index contributed by atoms with van der Waals surface area (Å²) in [5, 5.41) is 5.01. The molecule has 0 saturated carbocycles. The highest BCUT2D eigenvalue weighted by molar-refractivity contribution is 6.39. The van der Waals surface area contributed by atoms with E-state index >= 15 is 0 Å². The van der Waals surface area contributed by atoms with Crippen molar-refractivity contribution in [2.75, 3.05) is 31.0 Å². The van der Waals surface area contributed by atoms with Crippen molar-refractivity contribution >= 4 is 41.2 Å².